The molecule has 0 bridgehead atoms. The van der Waals surface area contributed by atoms with E-state index in [1.807, 2.05) is 6.07 Å². The summed E-state index contributed by atoms with van der Waals surface area (Å²) in [4.78, 5) is 13.7. The van der Waals surface area contributed by atoms with Crippen molar-refractivity contribution < 1.29 is 19.0 Å². The Balaban J connectivity index is 1.98. The summed E-state index contributed by atoms with van der Waals surface area (Å²) in [5, 5.41) is 0. The highest BCUT2D eigenvalue weighted by atomic mass is 16.5. The van der Waals surface area contributed by atoms with Crippen LogP contribution < -0.4 is 9.47 Å². The fourth-order valence-corrected chi connectivity index (χ4v) is 4.15. The number of esters is 1. The maximum Gasteiger partial charge on any atom is 0.307 e. The molecule has 5 nitrogen and oxygen atoms in total. The molecule has 1 aliphatic carbocycles. The third-order valence-electron chi connectivity index (χ3n) is 5.40. The summed E-state index contributed by atoms with van der Waals surface area (Å²) in [6.45, 7) is 2.48. The highest BCUT2D eigenvalue weighted by Crippen LogP contribution is 2.49. The van der Waals surface area contributed by atoms with Crippen molar-refractivity contribution in [3.8, 4) is 11.5 Å². The van der Waals surface area contributed by atoms with Crippen LogP contribution in [0.5, 0.6) is 11.5 Å². The minimum absolute atomic E-state index is 0.0257. The van der Waals surface area contributed by atoms with E-state index in [4.69, 9.17) is 14.2 Å². The van der Waals surface area contributed by atoms with Crippen molar-refractivity contribution in [2.24, 2.45) is 0 Å². The van der Waals surface area contributed by atoms with E-state index in [9.17, 15) is 4.79 Å². The van der Waals surface area contributed by atoms with E-state index in [2.05, 4.69) is 30.2 Å². The largest absolute Gasteiger partial charge is 0.493 e. The number of rotatable bonds is 4. The molecule has 1 saturated heterocycles. The second-order valence-corrected chi connectivity index (χ2v) is 6.64. The van der Waals surface area contributed by atoms with Gasteiger partial charge in [0.25, 0.3) is 0 Å². The van der Waals surface area contributed by atoms with Crippen molar-refractivity contribution in [1.29, 1.82) is 0 Å². The fourth-order valence-electron chi connectivity index (χ4n) is 4.15. The molecule has 130 valence electrons. The molecule has 0 spiro atoms. The van der Waals surface area contributed by atoms with Crippen LogP contribution in [0, 0.1) is 0 Å². The number of hydrogen-bond donors (Lipinski definition) is 0. The molecular formula is C19H25NO4. The molecule has 0 N–H and O–H groups in total. The molecule has 0 aromatic heterocycles. The van der Waals surface area contributed by atoms with Gasteiger partial charge in [0.1, 0.15) is 5.76 Å². The van der Waals surface area contributed by atoms with E-state index in [0.29, 0.717) is 6.04 Å². The first-order chi connectivity index (χ1) is 11.5. The SMILES string of the molecule is COc1ccc(C23CC=C(OC(C)=O)CC2N(C)CC3)cc1OC. The van der Waals surface area contributed by atoms with Crippen LogP contribution >= 0.6 is 0 Å². The summed E-state index contributed by atoms with van der Waals surface area (Å²) < 4.78 is 16.2. The number of fused-ring (bicyclic) bond motifs is 1. The van der Waals surface area contributed by atoms with Gasteiger partial charge in [-0.1, -0.05) is 6.07 Å². The van der Waals surface area contributed by atoms with Gasteiger partial charge in [0.05, 0.1) is 14.2 Å². The van der Waals surface area contributed by atoms with Crippen LogP contribution in [0.15, 0.2) is 30.0 Å². The van der Waals surface area contributed by atoms with E-state index < -0.39 is 0 Å². The fraction of sp³-hybridized carbons (Fsp3) is 0.526. The minimum atomic E-state index is -0.250. The number of likely N-dealkylation sites (N-methyl/N-ethyl adjacent to an activating group) is 1. The zero-order chi connectivity index (χ0) is 17.3. The average molecular weight is 331 g/mol. The number of likely N-dealkylation sites (tertiary alicyclic amines) is 1. The third-order valence-corrected chi connectivity index (χ3v) is 5.40. The molecular weight excluding hydrogens is 306 g/mol. The molecule has 3 rings (SSSR count). The van der Waals surface area contributed by atoms with Crippen LogP contribution in [0.3, 0.4) is 0 Å². The molecule has 1 aliphatic heterocycles. The molecule has 1 aromatic carbocycles. The molecule has 24 heavy (non-hydrogen) atoms. The molecule has 1 aromatic rings. The second kappa shape index (κ2) is 6.48. The predicted octanol–water partition coefficient (Wildman–Crippen LogP) is 2.89. The van der Waals surface area contributed by atoms with Crippen LogP contribution in [0.25, 0.3) is 0 Å². The number of carbonyl (C=O) groups is 1. The van der Waals surface area contributed by atoms with Gasteiger partial charge in [0, 0.05) is 24.8 Å². The van der Waals surface area contributed by atoms with E-state index >= 15 is 0 Å². The molecule has 2 aliphatic rings. The summed E-state index contributed by atoms with van der Waals surface area (Å²) in [6, 6.07) is 6.52. The highest BCUT2D eigenvalue weighted by Gasteiger charge is 2.49. The number of nitrogens with zero attached hydrogens (tertiary/aromatic N) is 1. The Hall–Kier alpha value is -2.01. The van der Waals surface area contributed by atoms with Crippen molar-refractivity contribution in [1.82, 2.24) is 4.90 Å². The first-order valence-corrected chi connectivity index (χ1v) is 8.30. The van der Waals surface area contributed by atoms with Crippen molar-refractivity contribution >= 4 is 5.97 Å². The van der Waals surface area contributed by atoms with Crippen LogP contribution in [-0.2, 0) is 14.9 Å². The first-order valence-electron chi connectivity index (χ1n) is 8.30. The lowest BCUT2D eigenvalue weighted by Gasteiger charge is -2.40. The second-order valence-electron chi connectivity index (χ2n) is 6.64. The van der Waals surface area contributed by atoms with Gasteiger partial charge in [-0.2, -0.15) is 0 Å². The van der Waals surface area contributed by atoms with Gasteiger partial charge in [0.2, 0.25) is 0 Å². The lowest BCUT2D eigenvalue weighted by molar-refractivity contribution is -0.137. The standard InChI is InChI=1S/C19H25NO4/c1-13(21)24-15-7-8-19(9-10-20(2)18(19)12-15)14-5-6-16(22-3)17(11-14)23-4/h5-7,11,18H,8-10,12H2,1-4H3. The minimum Gasteiger partial charge on any atom is -0.493 e. The lowest BCUT2D eigenvalue weighted by atomic mass is 9.68. The molecule has 0 amide bonds. The summed E-state index contributed by atoms with van der Waals surface area (Å²) in [6.07, 6.45) is 4.77. The van der Waals surface area contributed by atoms with Gasteiger partial charge in [-0.25, -0.2) is 0 Å². The zero-order valence-corrected chi connectivity index (χ0v) is 14.8. The van der Waals surface area contributed by atoms with Gasteiger partial charge in [-0.3, -0.25) is 4.79 Å². The first kappa shape index (κ1) is 16.8. The topological polar surface area (TPSA) is 48.0 Å². The van der Waals surface area contributed by atoms with Gasteiger partial charge in [-0.15, -0.1) is 0 Å². The molecule has 0 radical (unpaired) electrons. The molecule has 1 fully saturated rings. The summed E-state index contributed by atoms with van der Waals surface area (Å²) >= 11 is 0. The predicted molar refractivity (Wildman–Crippen MR) is 91.3 cm³/mol. The number of allylic oxidation sites excluding steroid dienone is 1. The number of benzene rings is 1. The zero-order valence-electron chi connectivity index (χ0n) is 14.8. The van der Waals surface area contributed by atoms with Gasteiger partial charge in [-0.05, 0) is 50.2 Å². The summed E-state index contributed by atoms with van der Waals surface area (Å²) in [7, 11) is 5.46. The quantitative estimate of drug-likeness (QED) is 0.794. The summed E-state index contributed by atoms with van der Waals surface area (Å²) in [5.74, 6) is 2.04. The Labute approximate surface area is 143 Å². The lowest BCUT2D eigenvalue weighted by Crippen LogP contribution is -2.43. The van der Waals surface area contributed by atoms with Gasteiger partial charge < -0.3 is 19.1 Å². The molecule has 1 heterocycles. The van der Waals surface area contributed by atoms with Crippen molar-refractivity contribution in [3.05, 3.63) is 35.6 Å². The Morgan fingerprint density at radius 1 is 1.25 bits per heavy atom. The van der Waals surface area contributed by atoms with E-state index in [1.165, 1.54) is 12.5 Å². The molecule has 2 unspecified atom stereocenters. The maximum atomic E-state index is 11.3. The van der Waals surface area contributed by atoms with Crippen LogP contribution in [0.2, 0.25) is 0 Å². The summed E-state index contributed by atoms with van der Waals surface area (Å²) in [5.41, 5.74) is 1.28. The van der Waals surface area contributed by atoms with Crippen molar-refractivity contribution in [2.75, 3.05) is 27.8 Å². The van der Waals surface area contributed by atoms with Crippen LogP contribution in [-0.4, -0.2) is 44.7 Å². The Kier molecular flexibility index (Phi) is 4.54. The number of ether oxygens (including phenoxy) is 3. The van der Waals surface area contributed by atoms with E-state index in [1.54, 1.807) is 14.2 Å². The number of hydrogen-bond acceptors (Lipinski definition) is 5. The Bertz CT molecular complexity index is 669. The van der Waals surface area contributed by atoms with Crippen molar-refractivity contribution in [3.63, 3.8) is 0 Å². The monoisotopic (exact) mass is 331 g/mol. The van der Waals surface area contributed by atoms with E-state index in [0.717, 1.165) is 43.1 Å². The number of carbonyl (C=O) groups excluding carboxylic acids is 1. The maximum absolute atomic E-state index is 11.3. The molecule has 5 heteroatoms. The van der Waals surface area contributed by atoms with Crippen molar-refractivity contribution in [2.45, 2.75) is 37.6 Å². The van der Waals surface area contributed by atoms with Crippen LogP contribution in [0.4, 0.5) is 0 Å². The van der Waals surface area contributed by atoms with Gasteiger partial charge >= 0.3 is 5.97 Å². The Morgan fingerprint density at radius 3 is 2.67 bits per heavy atom. The third kappa shape index (κ3) is 2.77. The number of methoxy groups -OCH3 is 2. The van der Waals surface area contributed by atoms with Crippen LogP contribution in [0.1, 0.15) is 31.7 Å². The highest BCUT2D eigenvalue weighted by molar-refractivity contribution is 5.67. The normalized spacial score (nSPS) is 26.5. The molecule has 2 atom stereocenters. The Morgan fingerprint density at radius 2 is 2.00 bits per heavy atom. The van der Waals surface area contributed by atoms with Gasteiger partial charge in [0.15, 0.2) is 11.5 Å². The molecule has 0 saturated carbocycles. The van der Waals surface area contributed by atoms with E-state index in [-0.39, 0.29) is 11.4 Å². The average Bonchev–Trinajstić information content (AvgIpc) is 2.91. The smallest absolute Gasteiger partial charge is 0.307 e.